The lowest BCUT2D eigenvalue weighted by atomic mass is 9.85. The fourth-order valence-electron chi connectivity index (χ4n) is 4.67. The van der Waals surface area contributed by atoms with Crippen LogP contribution in [0.5, 0.6) is 5.75 Å². The molecular formula is C26H29N3O5. The third kappa shape index (κ3) is 4.44. The molecule has 0 aliphatic carbocycles. The molecule has 1 N–H and O–H groups in total. The number of likely N-dealkylation sites (N-methyl/N-ethyl adjacent to an activating group) is 1. The summed E-state index contributed by atoms with van der Waals surface area (Å²) in [5.41, 5.74) is 0.891. The number of nitrogens with zero attached hydrogens (tertiary/aromatic N) is 3. The number of benzene rings is 2. The average Bonchev–Trinajstić information content (AvgIpc) is 3.33. The van der Waals surface area contributed by atoms with Crippen LogP contribution in [0.2, 0.25) is 0 Å². The summed E-state index contributed by atoms with van der Waals surface area (Å²) in [6.07, 6.45) is -0.380. The van der Waals surface area contributed by atoms with Gasteiger partial charge >= 0.3 is 6.09 Å². The van der Waals surface area contributed by atoms with Gasteiger partial charge in [-0.2, -0.15) is 5.26 Å². The van der Waals surface area contributed by atoms with Gasteiger partial charge in [0, 0.05) is 19.2 Å². The van der Waals surface area contributed by atoms with Gasteiger partial charge in [-0.25, -0.2) is 4.79 Å². The fraction of sp³-hybridized carbons (Fsp3) is 0.423. The van der Waals surface area contributed by atoms with Gasteiger partial charge in [0.1, 0.15) is 30.1 Å². The first-order valence-electron chi connectivity index (χ1n) is 11.4. The third-order valence-corrected chi connectivity index (χ3v) is 6.58. The van der Waals surface area contributed by atoms with Gasteiger partial charge in [0.25, 0.3) is 0 Å². The van der Waals surface area contributed by atoms with E-state index in [0.717, 1.165) is 5.56 Å². The molecule has 2 aromatic rings. The Morgan fingerprint density at radius 2 is 2.00 bits per heavy atom. The first kappa shape index (κ1) is 23.6. The van der Waals surface area contributed by atoms with Crippen LogP contribution in [0.25, 0.3) is 0 Å². The van der Waals surface area contributed by atoms with Crippen LogP contribution in [0.15, 0.2) is 48.5 Å². The highest BCUT2D eigenvalue weighted by molar-refractivity contribution is 5.86. The number of aliphatic hydroxyl groups is 1. The van der Waals surface area contributed by atoms with Crippen molar-refractivity contribution in [3.05, 3.63) is 65.2 Å². The highest BCUT2D eigenvalue weighted by Crippen LogP contribution is 2.43. The minimum absolute atomic E-state index is 0.129. The topological polar surface area (TPSA) is 103 Å². The zero-order valence-electron chi connectivity index (χ0n) is 19.6. The van der Waals surface area contributed by atoms with Crippen LogP contribution in [0.4, 0.5) is 4.79 Å². The number of hydrogen-bond donors (Lipinski definition) is 1. The Morgan fingerprint density at radius 3 is 2.71 bits per heavy atom. The quantitative estimate of drug-likeness (QED) is 0.746. The van der Waals surface area contributed by atoms with Crippen molar-refractivity contribution in [1.82, 2.24) is 9.80 Å². The summed E-state index contributed by atoms with van der Waals surface area (Å²) in [6.45, 7) is 4.07. The van der Waals surface area contributed by atoms with E-state index < -0.39 is 29.9 Å². The van der Waals surface area contributed by atoms with Crippen LogP contribution in [0.3, 0.4) is 0 Å². The molecule has 2 aromatic carbocycles. The summed E-state index contributed by atoms with van der Waals surface area (Å²) in [6, 6.07) is 15.0. The second-order valence-corrected chi connectivity index (χ2v) is 9.30. The van der Waals surface area contributed by atoms with Gasteiger partial charge < -0.3 is 19.5 Å². The molecule has 8 heteroatoms. The summed E-state index contributed by atoms with van der Waals surface area (Å²) >= 11 is 0. The normalized spacial score (nSPS) is 22.8. The number of carbonyl (C=O) groups excluding carboxylic acids is 2. The Labute approximate surface area is 199 Å². The molecule has 0 saturated carbocycles. The van der Waals surface area contributed by atoms with Gasteiger partial charge in [0.2, 0.25) is 5.91 Å². The number of aliphatic hydroxyl groups excluding tert-OH is 1. The molecular weight excluding hydrogens is 434 g/mol. The van der Waals surface area contributed by atoms with Gasteiger partial charge in [-0.15, -0.1) is 0 Å². The number of ether oxygens (including phenoxy) is 2. The van der Waals surface area contributed by atoms with E-state index in [0.29, 0.717) is 36.3 Å². The standard InChI is InChI=1S/C26H29N3O5/c1-26(2)23(30)22(19-14-18(15-27)11-12-21(19)34-26)28(3)24(31)20-10-7-13-29(20)25(32)33-16-17-8-5-4-6-9-17/h4-6,8-9,11-12,14,20,22-23,30H,7,10,13,16H2,1-3H3/t20-,22+,23-/m0/s1. The number of nitriles is 1. The van der Waals surface area contributed by atoms with E-state index in [4.69, 9.17) is 9.47 Å². The van der Waals surface area contributed by atoms with E-state index in [9.17, 15) is 20.0 Å². The molecule has 8 nitrogen and oxygen atoms in total. The minimum Gasteiger partial charge on any atom is -0.485 e. The van der Waals surface area contributed by atoms with Gasteiger partial charge in [-0.05, 0) is 50.5 Å². The number of fused-ring (bicyclic) bond motifs is 1. The molecule has 178 valence electrons. The largest absolute Gasteiger partial charge is 0.485 e. The molecule has 0 aromatic heterocycles. The minimum atomic E-state index is -1.04. The number of rotatable bonds is 4. The van der Waals surface area contributed by atoms with Crippen LogP contribution in [0, 0.1) is 11.3 Å². The van der Waals surface area contributed by atoms with Crippen molar-refractivity contribution >= 4 is 12.0 Å². The molecule has 3 atom stereocenters. The molecule has 2 aliphatic rings. The Bertz CT molecular complexity index is 1110. The summed E-state index contributed by atoms with van der Waals surface area (Å²) in [5.74, 6) is 0.230. The zero-order valence-corrected chi connectivity index (χ0v) is 19.6. The molecule has 2 heterocycles. The number of likely N-dealkylation sites (tertiary alicyclic amines) is 1. The van der Waals surface area contributed by atoms with E-state index in [1.807, 2.05) is 30.3 Å². The Balaban J connectivity index is 1.55. The number of carbonyl (C=O) groups is 2. The summed E-state index contributed by atoms with van der Waals surface area (Å²) in [4.78, 5) is 29.4. The van der Waals surface area contributed by atoms with Crippen LogP contribution >= 0.6 is 0 Å². The maximum absolute atomic E-state index is 13.6. The summed E-state index contributed by atoms with van der Waals surface area (Å²) in [7, 11) is 1.62. The highest BCUT2D eigenvalue weighted by Gasteiger charge is 2.48. The molecule has 34 heavy (non-hydrogen) atoms. The van der Waals surface area contributed by atoms with Crippen LogP contribution < -0.4 is 4.74 Å². The molecule has 0 unspecified atom stereocenters. The fourth-order valence-corrected chi connectivity index (χ4v) is 4.67. The van der Waals surface area contributed by atoms with Gasteiger partial charge in [-0.3, -0.25) is 9.69 Å². The monoisotopic (exact) mass is 463 g/mol. The van der Waals surface area contributed by atoms with Crippen LogP contribution in [0.1, 0.15) is 49.4 Å². The molecule has 0 radical (unpaired) electrons. The SMILES string of the molecule is CN(C(=O)[C@@H]1CCCN1C(=O)OCc1ccccc1)[C@@H]1c2cc(C#N)ccc2OC(C)(C)[C@H]1O. The van der Waals surface area contributed by atoms with Gasteiger partial charge in [0.15, 0.2) is 0 Å². The Hall–Kier alpha value is -3.57. The maximum atomic E-state index is 13.6. The van der Waals surface area contributed by atoms with E-state index in [2.05, 4.69) is 6.07 Å². The second-order valence-electron chi connectivity index (χ2n) is 9.30. The smallest absolute Gasteiger partial charge is 0.410 e. The van der Waals surface area contributed by atoms with Crippen molar-refractivity contribution in [2.45, 2.75) is 57.1 Å². The average molecular weight is 464 g/mol. The predicted octanol–water partition coefficient (Wildman–Crippen LogP) is 3.39. The third-order valence-electron chi connectivity index (χ3n) is 6.58. The van der Waals surface area contributed by atoms with Crippen LogP contribution in [-0.2, 0) is 16.1 Å². The predicted molar refractivity (Wildman–Crippen MR) is 124 cm³/mol. The van der Waals surface area contributed by atoms with Crippen molar-refractivity contribution in [1.29, 1.82) is 5.26 Å². The highest BCUT2D eigenvalue weighted by atomic mass is 16.6. The van der Waals surface area contributed by atoms with Crippen molar-refractivity contribution in [2.24, 2.45) is 0 Å². The first-order valence-corrected chi connectivity index (χ1v) is 11.4. The van der Waals surface area contributed by atoms with Gasteiger partial charge in [0.05, 0.1) is 17.7 Å². The molecule has 1 saturated heterocycles. The lowest BCUT2D eigenvalue weighted by Gasteiger charge is -2.46. The summed E-state index contributed by atoms with van der Waals surface area (Å²) < 4.78 is 11.4. The maximum Gasteiger partial charge on any atom is 0.410 e. The molecule has 2 aliphatic heterocycles. The Morgan fingerprint density at radius 1 is 1.26 bits per heavy atom. The molecule has 0 spiro atoms. The van der Waals surface area contributed by atoms with E-state index in [-0.39, 0.29) is 12.5 Å². The zero-order chi connectivity index (χ0) is 24.5. The lowest BCUT2D eigenvalue weighted by Crippen LogP contribution is -2.56. The first-order chi connectivity index (χ1) is 16.2. The number of amides is 2. The van der Waals surface area contributed by atoms with E-state index in [1.54, 1.807) is 39.1 Å². The molecule has 2 amide bonds. The van der Waals surface area contributed by atoms with Crippen molar-refractivity contribution < 1.29 is 24.2 Å². The van der Waals surface area contributed by atoms with Crippen LogP contribution in [-0.4, -0.2) is 58.2 Å². The molecule has 1 fully saturated rings. The Kier molecular flexibility index (Phi) is 6.49. The van der Waals surface area contributed by atoms with Crippen molar-refractivity contribution in [2.75, 3.05) is 13.6 Å². The van der Waals surface area contributed by atoms with Crippen molar-refractivity contribution in [3.8, 4) is 11.8 Å². The van der Waals surface area contributed by atoms with E-state index >= 15 is 0 Å². The van der Waals surface area contributed by atoms with Crippen molar-refractivity contribution in [3.63, 3.8) is 0 Å². The lowest BCUT2D eigenvalue weighted by molar-refractivity contribution is -0.146. The second kappa shape index (κ2) is 9.35. The summed E-state index contributed by atoms with van der Waals surface area (Å²) in [5, 5.41) is 20.5. The molecule has 4 rings (SSSR count). The van der Waals surface area contributed by atoms with Gasteiger partial charge in [-0.1, -0.05) is 30.3 Å². The molecule has 0 bridgehead atoms. The number of hydrogen-bond acceptors (Lipinski definition) is 6. The van der Waals surface area contributed by atoms with E-state index in [1.165, 1.54) is 9.80 Å².